The number of amides is 2. The molecule has 1 aromatic heterocycles. The van der Waals surface area contributed by atoms with Gasteiger partial charge in [0.05, 0.1) is 18.0 Å². The summed E-state index contributed by atoms with van der Waals surface area (Å²) in [5.74, 6) is -0.922. The van der Waals surface area contributed by atoms with Crippen LogP contribution < -0.4 is 15.4 Å². The van der Waals surface area contributed by atoms with Crippen LogP contribution in [-0.4, -0.2) is 31.5 Å². The second-order valence-electron chi connectivity index (χ2n) is 4.29. The molecule has 0 atom stereocenters. The second kappa shape index (κ2) is 8.14. The third-order valence-electron chi connectivity index (χ3n) is 2.67. The number of para-hydroxylation sites is 1. The normalized spacial score (nSPS) is 10.0. The molecule has 7 heteroatoms. The smallest absolute Gasteiger partial charge is 0.261 e. The lowest BCUT2D eigenvalue weighted by molar-refractivity contribution is -0.120. The van der Waals surface area contributed by atoms with Crippen molar-refractivity contribution in [2.24, 2.45) is 0 Å². The van der Waals surface area contributed by atoms with E-state index in [1.54, 1.807) is 29.6 Å². The molecule has 1 aromatic carbocycles. The van der Waals surface area contributed by atoms with E-state index in [1.807, 2.05) is 0 Å². The Hall–Kier alpha value is -2.41. The highest BCUT2D eigenvalue weighted by Crippen LogP contribution is 2.14. The monoisotopic (exact) mass is 322 g/mol. The molecule has 22 heavy (non-hydrogen) atoms. The van der Waals surface area contributed by atoms with Crippen molar-refractivity contribution in [1.29, 1.82) is 0 Å². The highest BCUT2D eigenvalue weighted by molar-refractivity contribution is 7.12. The zero-order valence-corrected chi connectivity index (χ0v) is 12.5. The van der Waals surface area contributed by atoms with Crippen LogP contribution in [0.2, 0.25) is 0 Å². The Bertz CT molecular complexity index is 631. The van der Waals surface area contributed by atoms with Crippen LogP contribution in [0, 0.1) is 5.82 Å². The maximum atomic E-state index is 13.3. The van der Waals surface area contributed by atoms with E-state index >= 15 is 0 Å². The van der Waals surface area contributed by atoms with Crippen LogP contribution in [-0.2, 0) is 4.79 Å². The standard InChI is InChI=1S/C15H15FN2O3S/c16-11-4-1-2-5-12(11)21-8-7-17-14(19)10-18-15(20)13-6-3-9-22-13/h1-6,9H,7-8,10H2,(H,17,19)(H,18,20). The first kappa shape index (κ1) is 16.0. The summed E-state index contributed by atoms with van der Waals surface area (Å²) in [6.45, 7) is 0.254. The predicted molar refractivity (Wildman–Crippen MR) is 81.6 cm³/mol. The highest BCUT2D eigenvalue weighted by Gasteiger charge is 2.08. The maximum absolute atomic E-state index is 13.3. The molecule has 1 heterocycles. The number of carbonyl (C=O) groups is 2. The Morgan fingerprint density at radius 3 is 2.68 bits per heavy atom. The molecule has 0 aliphatic heterocycles. The zero-order valence-electron chi connectivity index (χ0n) is 11.7. The van der Waals surface area contributed by atoms with Crippen LogP contribution >= 0.6 is 11.3 Å². The van der Waals surface area contributed by atoms with Gasteiger partial charge in [-0.1, -0.05) is 18.2 Å². The number of nitrogens with one attached hydrogen (secondary N) is 2. The number of carbonyl (C=O) groups excluding carboxylic acids is 2. The fraction of sp³-hybridized carbons (Fsp3) is 0.200. The van der Waals surface area contributed by atoms with Gasteiger partial charge in [0.15, 0.2) is 11.6 Å². The molecule has 0 fully saturated rings. The van der Waals surface area contributed by atoms with E-state index in [9.17, 15) is 14.0 Å². The van der Waals surface area contributed by atoms with Crippen molar-refractivity contribution < 1.29 is 18.7 Å². The lowest BCUT2D eigenvalue weighted by atomic mass is 10.3. The van der Waals surface area contributed by atoms with E-state index in [0.29, 0.717) is 4.88 Å². The number of halogens is 1. The van der Waals surface area contributed by atoms with Crippen molar-refractivity contribution in [1.82, 2.24) is 10.6 Å². The number of hydrogen-bond acceptors (Lipinski definition) is 4. The SMILES string of the molecule is O=C(CNC(=O)c1cccs1)NCCOc1ccccc1F. The van der Waals surface area contributed by atoms with E-state index in [4.69, 9.17) is 4.74 Å². The van der Waals surface area contributed by atoms with E-state index in [1.165, 1.54) is 23.5 Å². The molecule has 5 nitrogen and oxygen atoms in total. The van der Waals surface area contributed by atoms with Gasteiger partial charge in [0.2, 0.25) is 5.91 Å². The van der Waals surface area contributed by atoms with Gasteiger partial charge in [-0.15, -0.1) is 11.3 Å². The van der Waals surface area contributed by atoms with Gasteiger partial charge in [0.1, 0.15) is 6.61 Å². The largest absolute Gasteiger partial charge is 0.489 e. The summed E-state index contributed by atoms with van der Waals surface area (Å²) in [6, 6.07) is 9.49. The summed E-state index contributed by atoms with van der Waals surface area (Å²) in [7, 11) is 0. The minimum absolute atomic E-state index is 0.115. The van der Waals surface area contributed by atoms with Gasteiger partial charge < -0.3 is 15.4 Å². The molecule has 0 unspecified atom stereocenters. The minimum atomic E-state index is -0.447. The molecule has 0 saturated heterocycles. The van der Waals surface area contributed by atoms with E-state index < -0.39 is 5.82 Å². The predicted octanol–water partition coefficient (Wildman–Crippen LogP) is 1.81. The van der Waals surface area contributed by atoms with Gasteiger partial charge in [0.25, 0.3) is 5.91 Å². The van der Waals surface area contributed by atoms with Crippen molar-refractivity contribution in [3.63, 3.8) is 0 Å². The van der Waals surface area contributed by atoms with Crippen LogP contribution in [0.15, 0.2) is 41.8 Å². The third kappa shape index (κ3) is 4.85. The highest BCUT2D eigenvalue weighted by atomic mass is 32.1. The Balaban J connectivity index is 1.62. The Morgan fingerprint density at radius 2 is 1.95 bits per heavy atom. The van der Waals surface area contributed by atoms with Crippen molar-refractivity contribution in [3.05, 3.63) is 52.5 Å². The minimum Gasteiger partial charge on any atom is -0.489 e. The number of thiophene rings is 1. The topological polar surface area (TPSA) is 67.4 Å². The Morgan fingerprint density at radius 1 is 1.14 bits per heavy atom. The molecule has 2 aromatic rings. The summed E-state index contributed by atoms with van der Waals surface area (Å²) < 4.78 is 18.5. The summed E-state index contributed by atoms with van der Waals surface area (Å²) in [6.07, 6.45) is 0. The average Bonchev–Trinajstić information content (AvgIpc) is 3.05. The van der Waals surface area contributed by atoms with Crippen LogP contribution in [0.4, 0.5) is 4.39 Å². The van der Waals surface area contributed by atoms with Crippen molar-refractivity contribution in [2.75, 3.05) is 19.7 Å². The molecule has 0 saturated carbocycles. The van der Waals surface area contributed by atoms with Gasteiger partial charge in [-0.3, -0.25) is 9.59 Å². The second-order valence-corrected chi connectivity index (χ2v) is 5.24. The lowest BCUT2D eigenvalue weighted by Gasteiger charge is -2.08. The molecule has 0 aliphatic carbocycles. The van der Waals surface area contributed by atoms with E-state index in [-0.39, 0.29) is 37.3 Å². The fourth-order valence-electron chi connectivity index (χ4n) is 1.63. The van der Waals surface area contributed by atoms with Gasteiger partial charge in [-0.25, -0.2) is 4.39 Å². The lowest BCUT2D eigenvalue weighted by Crippen LogP contribution is -2.38. The molecule has 116 valence electrons. The number of benzene rings is 1. The molecule has 0 spiro atoms. The first-order valence-electron chi connectivity index (χ1n) is 6.62. The van der Waals surface area contributed by atoms with E-state index in [2.05, 4.69) is 10.6 Å². The summed E-state index contributed by atoms with van der Waals surface area (Å²) in [5, 5.41) is 6.87. The van der Waals surface area contributed by atoms with Crippen molar-refractivity contribution >= 4 is 23.2 Å². The van der Waals surface area contributed by atoms with Crippen LogP contribution in [0.1, 0.15) is 9.67 Å². The molecule has 0 bridgehead atoms. The first-order chi connectivity index (χ1) is 10.7. The Labute approximate surface area is 131 Å². The maximum Gasteiger partial charge on any atom is 0.261 e. The third-order valence-corrected chi connectivity index (χ3v) is 3.54. The molecule has 0 radical (unpaired) electrons. The molecule has 0 aliphatic rings. The number of ether oxygens (including phenoxy) is 1. The van der Waals surface area contributed by atoms with Gasteiger partial charge in [-0.05, 0) is 23.6 Å². The molecule has 2 amide bonds. The summed E-state index contributed by atoms with van der Waals surface area (Å²) in [5.41, 5.74) is 0. The van der Waals surface area contributed by atoms with Gasteiger partial charge in [0, 0.05) is 0 Å². The first-order valence-corrected chi connectivity index (χ1v) is 7.50. The zero-order chi connectivity index (χ0) is 15.8. The van der Waals surface area contributed by atoms with Gasteiger partial charge >= 0.3 is 0 Å². The Kier molecular flexibility index (Phi) is 5.91. The van der Waals surface area contributed by atoms with Crippen LogP contribution in [0.25, 0.3) is 0 Å². The van der Waals surface area contributed by atoms with E-state index in [0.717, 1.165) is 0 Å². The van der Waals surface area contributed by atoms with Crippen LogP contribution in [0.5, 0.6) is 5.75 Å². The average molecular weight is 322 g/mol. The van der Waals surface area contributed by atoms with Crippen molar-refractivity contribution in [3.8, 4) is 5.75 Å². The van der Waals surface area contributed by atoms with Crippen molar-refractivity contribution in [2.45, 2.75) is 0 Å². The molecular formula is C15H15FN2O3S. The molecule has 2 N–H and O–H groups in total. The number of rotatable bonds is 7. The van der Waals surface area contributed by atoms with Gasteiger partial charge in [-0.2, -0.15) is 0 Å². The summed E-state index contributed by atoms with van der Waals surface area (Å²) >= 11 is 1.30. The molecular weight excluding hydrogens is 307 g/mol. The fourth-order valence-corrected chi connectivity index (χ4v) is 2.27. The quantitative estimate of drug-likeness (QED) is 0.764. The molecule has 2 rings (SSSR count). The van der Waals surface area contributed by atoms with Crippen LogP contribution in [0.3, 0.4) is 0 Å². The number of hydrogen-bond donors (Lipinski definition) is 2. The summed E-state index contributed by atoms with van der Waals surface area (Å²) in [4.78, 5) is 23.7.